The zero-order chi connectivity index (χ0) is 12.4. The van der Waals surface area contributed by atoms with Crippen LogP contribution in [0, 0.1) is 5.82 Å². The van der Waals surface area contributed by atoms with Gasteiger partial charge in [-0.3, -0.25) is 9.59 Å². The van der Waals surface area contributed by atoms with Crippen LogP contribution in [0.2, 0.25) is 0 Å². The van der Waals surface area contributed by atoms with E-state index in [4.69, 9.17) is 0 Å². The second-order valence-electron chi connectivity index (χ2n) is 3.81. The second-order valence-corrected chi connectivity index (χ2v) is 3.81. The Labute approximate surface area is 96.6 Å². The average Bonchev–Trinajstić information content (AvgIpc) is 2.63. The molecule has 0 radical (unpaired) electrons. The number of phenols is 1. The molecule has 2 rings (SSSR count). The van der Waals surface area contributed by atoms with Gasteiger partial charge in [0.2, 0.25) is 5.91 Å². The van der Waals surface area contributed by atoms with Gasteiger partial charge in [0.1, 0.15) is 17.1 Å². The topological polar surface area (TPSA) is 78.4 Å². The number of hydrogen-bond donors (Lipinski definition) is 3. The van der Waals surface area contributed by atoms with E-state index in [9.17, 15) is 19.1 Å². The maximum atomic E-state index is 13.3. The summed E-state index contributed by atoms with van der Waals surface area (Å²) >= 11 is 0. The van der Waals surface area contributed by atoms with Gasteiger partial charge in [-0.1, -0.05) is 6.07 Å². The van der Waals surface area contributed by atoms with E-state index in [1.54, 1.807) is 0 Å². The van der Waals surface area contributed by atoms with Crippen molar-refractivity contribution in [1.29, 1.82) is 0 Å². The predicted molar refractivity (Wildman–Crippen MR) is 56.9 cm³/mol. The molecule has 0 bridgehead atoms. The molecule has 1 unspecified atom stereocenters. The Balaban J connectivity index is 2.12. The van der Waals surface area contributed by atoms with Crippen LogP contribution in [-0.4, -0.2) is 29.5 Å². The van der Waals surface area contributed by atoms with Gasteiger partial charge in [-0.25, -0.2) is 4.39 Å². The molecule has 3 N–H and O–H groups in total. The van der Waals surface area contributed by atoms with Gasteiger partial charge in [-0.15, -0.1) is 0 Å². The van der Waals surface area contributed by atoms with E-state index in [0.29, 0.717) is 6.54 Å². The van der Waals surface area contributed by atoms with E-state index in [0.717, 1.165) is 6.07 Å². The third kappa shape index (κ3) is 2.35. The first kappa shape index (κ1) is 11.4. The van der Waals surface area contributed by atoms with Crippen LogP contribution in [0.25, 0.3) is 0 Å². The first-order chi connectivity index (χ1) is 8.08. The summed E-state index contributed by atoms with van der Waals surface area (Å²) in [6.07, 6.45) is 0.168. The van der Waals surface area contributed by atoms with Gasteiger partial charge in [0.15, 0.2) is 0 Å². The minimum atomic E-state index is -0.792. The molecular weight excluding hydrogens is 227 g/mol. The van der Waals surface area contributed by atoms with Crippen molar-refractivity contribution in [2.45, 2.75) is 12.5 Å². The molecule has 1 aromatic carbocycles. The van der Waals surface area contributed by atoms with Crippen molar-refractivity contribution >= 4 is 11.8 Å². The number of benzene rings is 1. The molecule has 0 spiro atoms. The summed E-state index contributed by atoms with van der Waals surface area (Å²) in [4.78, 5) is 22.6. The average molecular weight is 238 g/mol. The van der Waals surface area contributed by atoms with E-state index in [2.05, 4.69) is 10.6 Å². The number of aromatic hydroxyl groups is 1. The molecule has 5 nitrogen and oxygen atoms in total. The lowest BCUT2D eigenvalue weighted by molar-refractivity contribution is -0.119. The normalized spacial score (nSPS) is 18.9. The number of phenolic OH excluding ortho intramolecular Hbond substituents is 1. The van der Waals surface area contributed by atoms with Crippen LogP contribution < -0.4 is 10.6 Å². The molecule has 1 aliphatic heterocycles. The molecule has 1 atom stereocenters. The van der Waals surface area contributed by atoms with Crippen molar-refractivity contribution in [2.75, 3.05) is 6.54 Å². The Hall–Kier alpha value is -2.11. The van der Waals surface area contributed by atoms with Crippen molar-refractivity contribution in [3.8, 4) is 5.75 Å². The fourth-order valence-electron chi connectivity index (χ4n) is 1.70. The molecule has 1 aromatic rings. The number of nitrogens with one attached hydrogen (secondary N) is 2. The number of halogens is 1. The Morgan fingerprint density at radius 2 is 2.29 bits per heavy atom. The Bertz CT molecular complexity index is 456. The maximum Gasteiger partial charge on any atom is 0.258 e. The van der Waals surface area contributed by atoms with Crippen LogP contribution in [0.4, 0.5) is 4.39 Å². The molecule has 90 valence electrons. The molecule has 2 amide bonds. The molecule has 1 fully saturated rings. The molecule has 6 heteroatoms. The van der Waals surface area contributed by atoms with Crippen LogP contribution in [0.3, 0.4) is 0 Å². The summed E-state index contributed by atoms with van der Waals surface area (Å²) in [5.41, 5.74) is -0.396. The molecule has 0 saturated carbocycles. The lowest BCUT2D eigenvalue weighted by Gasteiger charge is -2.11. The number of carbonyl (C=O) groups is 2. The largest absolute Gasteiger partial charge is 0.507 e. The van der Waals surface area contributed by atoms with Crippen LogP contribution in [-0.2, 0) is 4.79 Å². The van der Waals surface area contributed by atoms with Crippen LogP contribution in [0.5, 0.6) is 5.75 Å². The summed E-state index contributed by atoms with van der Waals surface area (Å²) in [7, 11) is 0. The van der Waals surface area contributed by atoms with Crippen molar-refractivity contribution in [3.05, 3.63) is 29.6 Å². The van der Waals surface area contributed by atoms with Crippen molar-refractivity contribution in [1.82, 2.24) is 10.6 Å². The zero-order valence-electron chi connectivity index (χ0n) is 8.87. The van der Waals surface area contributed by atoms with E-state index in [-0.39, 0.29) is 18.4 Å². The summed E-state index contributed by atoms with van der Waals surface area (Å²) in [5, 5.41) is 14.4. The fourth-order valence-corrected chi connectivity index (χ4v) is 1.70. The van der Waals surface area contributed by atoms with Crippen LogP contribution >= 0.6 is 0 Å². The molecule has 0 aromatic heterocycles. The molecule has 1 saturated heterocycles. The van der Waals surface area contributed by atoms with Gasteiger partial charge < -0.3 is 15.7 Å². The Kier molecular flexibility index (Phi) is 2.95. The lowest BCUT2D eigenvalue weighted by atomic mass is 10.1. The van der Waals surface area contributed by atoms with Gasteiger partial charge >= 0.3 is 0 Å². The van der Waals surface area contributed by atoms with Gasteiger partial charge in [-0.05, 0) is 12.1 Å². The number of hydrogen-bond acceptors (Lipinski definition) is 3. The van der Waals surface area contributed by atoms with E-state index >= 15 is 0 Å². The number of carbonyl (C=O) groups excluding carboxylic acids is 2. The van der Waals surface area contributed by atoms with E-state index in [1.165, 1.54) is 12.1 Å². The third-order valence-corrected chi connectivity index (χ3v) is 2.53. The molecule has 0 aliphatic carbocycles. The van der Waals surface area contributed by atoms with Gasteiger partial charge in [0, 0.05) is 13.0 Å². The minimum absolute atomic E-state index is 0.159. The lowest BCUT2D eigenvalue weighted by Crippen LogP contribution is -2.36. The standard InChI is InChI=1S/C11H11FN2O3/c12-7-2-1-3-8(15)10(7)11(17)14-6-4-9(16)13-5-6/h1-3,6,15H,4-5H2,(H,13,16)(H,14,17). The summed E-state index contributed by atoms with van der Waals surface area (Å²) in [6.45, 7) is 0.319. The highest BCUT2D eigenvalue weighted by Gasteiger charge is 2.25. The minimum Gasteiger partial charge on any atom is -0.507 e. The molecule has 17 heavy (non-hydrogen) atoms. The molecule has 1 heterocycles. The summed E-state index contributed by atoms with van der Waals surface area (Å²) in [5.74, 6) is -2.09. The Morgan fingerprint density at radius 1 is 1.53 bits per heavy atom. The molecular formula is C11H11FN2O3. The first-order valence-electron chi connectivity index (χ1n) is 5.13. The monoisotopic (exact) mass is 238 g/mol. The number of amides is 2. The number of rotatable bonds is 2. The maximum absolute atomic E-state index is 13.3. The first-order valence-corrected chi connectivity index (χ1v) is 5.13. The highest BCUT2D eigenvalue weighted by atomic mass is 19.1. The van der Waals surface area contributed by atoms with Crippen LogP contribution in [0.15, 0.2) is 18.2 Å². The second kappa shape index (κ2) is 4.40. The zero-order valence-corrected chi connectivity index (χ0v) is 8.87. The smallest absolute Gasteiger partial charge is 0.258 e. The van der Waals surface area contributed by atoms with Gasteiger partial charge in [0.25, 0.3) is 5.91 Å². The highest BCUT2D eigenvalue weighted by Crippen LogP contribution is 2.19. The van der Waals surface area contributed by atoms with Crippen molar-refractivity contribution in [3.63, 3.8) is 0 Å². The fraction of sp³-hybridized carbons (Fsp3) is 0.273. The van der Waals surface area contributed by atoms with Crippen molar-refractivity contribution < 1.29 is 19.1 Å². The third-order valence-electron chi connectivity index (χ3n) is 2.53. The van der Waals surface area contributed by atoms with Gasteiger partial charge in [0.05, 0.1) is 6.04 Å². The Morgan fingerprint density at radius 3 is 2.88 bits per heavy atom. The quantitative estimate of drug-likeness (QED) is 0.686. The van der Waals surface area contributed by atoms with Gasteiger partial charge in [-0.2, -0.15) is 0 Å². The highest BCUT2D eigenvalue weighted by molar-refractivity contribution is 5.97. The molecule has 1 aliphatic rings. The van der Waals surface area contributed by atoms with Crippen molar-refractivity contribution in [2.24, 2.45) is 0 Å². The predicted octanol–water partition coefficient (Wildman–Crippen LogP) is 0.150. The SMILES string of the molecule is O=C1CC(NC(=O)c2c(O)cccc2F)CN1. The summed E-state index contributed by atoms with van der Waals surface area (Å²) < 4.78 is 13.3. The van der Waals surface area contributed by atoms with E-state index < -0.39 is 23.0 Å². The summed E-state index contributed by atoms with van der Waals surface area (Å²) in [6, 6.07) is 3.26. The van der Waals surface area contributed by atoms with Crippen LogP contribution in [0.1, 0.15) is 16.8 Å². The van der Waals surface area contributed by atoms with E-state index in [1.807, 2.05) is 0 Å².